The van der Waals surface area contributed by atoms with Crippen LogP contribution in [0.15, 0.2) is 71.6 Å². The largest absolute Gasteiger partial charge is 0.352 e. The van der Waals surface area contributed by atoms with Gasteiger partial charge in [-0.05, 0) is 75.6 Å². The van der Waals surface area contributed by atoms with Gasteiger partial charge < -0.3 is 10.2 Å². The molecule has 0 radical (unpaired) electrons. The molecular weight excluding hydrogens is 569 g/mol. The molecule has 0 saturated carbocycles. The van der Waals surface area contributed by atoms with Gasteiger partial charge in [0.2, 0.25) is 11.8 Å². The Morgan fingerprint density at radius 2 is 1.57 bits per heavy atom. The Morgan fingerprint density at radius 1 is 0.925 bits per heavy atom. The fourth-order valence-electron chi connectivity index (χ4n) is 4.08. The molecular formula is C30H35Cl2N3O4S. The van der Waals surface area contributed by atoms with E-state index in [1.54, 1.807) is 68.4 Å². The minimum Gasteiger partial charge on any atom is -0.352 e. The number of nitrogens with one attached hydrogen (secondary N) is 1. The van der Waals surface area contributed by atoms with E-state index < -0.39 is 28.5 Å². The van der Waals surface area contributed by atoms with E-state index in [0.29, 0.717) is 26.9 Å². The third kappa shape index (κ3) is 7.56. The van der Waals surface area contributed by atoms with Crippen LogP contribution in [0.5, 0.6) is 0 Å². The first-order chi connectivity index (χ1) is 18.8. The summed E-state index contributed by atoms with van der Waals surface area (Å²) in [7, 11) is -4.13. The maximum Gasteiger partial charge on any atom is 0.264 e. The second-order valence-electron chi connectivity index (χ2n) is 9.88. The second-order valence-corrected chi connectivity index (χ2v) is 12.6. The average molecular weight is 605 g/mol. The zero-order chi connectivity index (χ0) is 29.6. The molecule has 0 aliphatic carbocycles. The van der Waals surface area contributed by atoms with Gasteiger partial charge in [0.25, 0.3) is 10.0 Å². The van der Waals surface area contributed by atoms with Crippen molar-refractivity contribution in [2.45, 2.75) is 64.6 Å². The van der Waals surface area contributed by atoms with Crippen molar-refractivity contribution >= 4 is 50.7 Å². The highest BCUT2D eigenvalue weighted by Gasteiger charge is 2.33. The number of anilines is 1. The quantitative estimate of drug-likeness (QED) is 0.285. The summed E-state index contributed by atoms with van der Waals surface area (Å²) >= 11 is 12.3. The molecule has 3 aromatic rings. The van der Waals surface area contributed by atoms with E-state index in [4.69, 9.17) is 23.2 Å². The van der Waals surface area contributed by atoms with Crippen molar-refractivity contribution in [2.75, 3.05) is 10.8 Å². The van der Waals surface area contributed by atoms with Gasteiger partial charge in [0.1, 0.15) is 12.6 Å². The Balaban J connectivity index is 2.05. The minimum atomic E-state index is -4.13. The first-order valence-electron chi connectivity index (χ1n) is 13.0. The molecule has 0 heterocycles. The molecule has 40 heavy (non-hydrogen) atoms. The molecule has 2 amide bonds. The zero-order valence-corrected chi connectivity index (χ0v) is 25.6. The number of amides is 2. The lowest BCUT2D eigenvalue weighted by Crippen LogP contribution is -2.52. The van der Waals surface area contributed by atoms with Crippen molar-refractivity contribution in [2.24, 2.45) is 0 Å². The molecule has 2 atom stereocenters. The molecule has 0 saturated heterocycles. The summed E-state index contributed by atoms with van der Waals surface area (Å²) in [6, 6.07) is 17.4. The van der Waals surface area contributed by atoms with Gasteiger partial charge >= 0.3 is 0 Å². The van der Waals surface area contributed by atoms with Crippen molar-refractivity contribution in [1.82, 2.24) is 10.2 Å². The van der Waals surface area contributed by atoms with Crippen molar-refractivity contribution < 1.29 is 18.0 Å². The SMILES string of the molecule is CCC(C)NC(=O)C(C)N(Cc1ccc(Cl)c(Cl)c1)C(=O)CN(c1ccccc1C)S(=O)(=O)c1ccc(C)cc1. The minimum absolute atomic E-state index is 0.0248. The third-order valence-electron chi connectivity index (χ3n) is 6.78. The van der Waals surface area contributed by atoms with Crippen LogP contribution in [0.3, 0.4) is 0 Å². The standard InChI is InChI=1S/C30H35Cl2N3O4S/c1-6-22(4)33-30(37)23(5)34(18-24-13-16-26(31)27(32)17-24)29(36)19-35(28-10-8-7-9-21(28)3)40(38,39)25-14-11-20(2)12-15-25/h7-17,22-23H,6,18-19H2,1-5H3,(H,33,37). The maximum atomic E-state index is 14.0. The van der Waals surface area contributed by atoms with E-state index in [-0.39, 0.29) is 23.4 Å². The molecule has 0 aliphatic rings. The van der Waals surface area contributed by atoms with Crippen molar-refractivity contribution in [3.63, 3.8) is 0 Å². The van der Waals surface area contributed by atoms with Crippen LogP contribution in [0.25, 0.3) is 0 Å². The van der Waals surface area contributed by atoms with Gasteiger partial charge in [0, 0.05) is 12.6 Å². The number of benzene rings is 3. The number of aryl methyl sites for hydroxylation is 2. The Kier molecular flexibility index (Phi) is 10.6. The molecule has 2 unspecified atom stereocenters. The molecule has 1 N–H and O–H groups in total. The number of rotatable bonds is 11. The number of halogens is 2. The van der Waals surface area contributed by atoms with Gasteiger partial charge in [-0.25, -0.2) is 8.42 Å². The Morgan fingerprint density at radius 3 is 2.17 bits per heavy atom. The topological polar surface area (TPSA) is 86.8 Å². The summed E-state index contributed by atoms with van der Waals surface area (Å²) in [4.78, 5) is 28.6. The molecule has 0 fully saturated rings. The summed E-state index contributed by atoms with van der Waals surface area (Å²) in [5, 5.41) is 3.59. The lowest BCUT2D eigenvalue weighted by Gasteiger charge is -2.33. The van der Waals surface area contributed by atoms with Crippen LogP contribution in [0.4, 0.5) is 5.69 Å². The van der Waals surface area contributed by atoms with Crippen molar-refractivity contribution in [1.29, 1.82) is 0 Å². The summed E-state index contributed by atoms with van der Waals surface area (Å²) in [6.07, 6.45) is 0.717. The molecule has 0 bridgehead atoms. The first-order valence-corrected chi connectivity index (χ1v) is 15.2. The van der Waals surface area contributed by atoms with Crippen LogP contribution in [-0.2, 0) is 26.2 Å². The Hall–Kier alpha value is -3.07. The second kappa shape index (κ2) is 13.5. The van der Waals surface area contributed by atoms with Crippen molar-refractivity contribution in [3.05, 3.63) is 93.5 Å². The molecule has 0 spiro atoms. The number of para-hydroxylation sites is 1. The smallest absolute Gasteiger partial charge is 0.264 e. The van der Waals surface area contributed by atoms with Gasteiger partial charge in [-0.2, -0.15) is 0 Å². The number of carbonyl (C=O) groups excluding carboxylic acids is 2. The monoisotopic (exact) mass is 603 g/mol. The summed E-state index contributed by atoms with van der Waals surface area (Å²) < 4.78 is 29.0. The Labute approximate surface area is 247 Å². The van der Waals surface area contributed by atoms with Crippen LogP contribution in [0.1, 0.15) is 43.9 Å². The predicted octanol–water partition coefficient (Wildman–Crippen LogP) is 6.14. The highest BCUT2D eigenvalue weighted by Crippen LogP contribution is 2.28. The fraction of sp³-hybridized carbons (Fsp3) is 0.333. The Bertz CT molecular complexity index is 1460. The van der Waals surface area contributed by atoms with Gasteiger partial charge in [0.05, 0.1) is 20.6 Å². The third-order valence-corrected chi connectivity index (χ3v) is 9.29. The number of nitrogens with zero attached hydrogens (tertiary/aromatic N) is 2. The van der Waals surface area contributed by atoms with Crippen LogP contribution >= 0.6 is 23.2 Å². The number of hydrogen-bond donors (Lipinski definition) is 1. The van der Waals surface area contributed by atoms with Crippen LogP contribution in [-0.4, -0.2) is 43.8 Å². The predicted molar refractivity (Wildman–Crippen MR) is 161 cm³/mol. The van der Waals surface area contributed by atoms with E-state index in [0.717, 1.165) is 16.3 Å². The molecule has 7 nitrogen and oxygen atoms in total. The van der Waals surface area contributed by atoms with Gasteiger partial charge in [-0.1, -0.05) is 72.1 Å². The van der Waals surface area contributed by atoms with E-state index in [1.807, 2.05) is 20.8 Å². The molecule has 214 valence electrons. The molecule has 3 rings (SSSR count). The van der Waals surface area contributed by atoms with Crippen LogP contribution < -0.4 is 9.62 Å². The van der Waals surface area contributed by atoms with Gasteiger partial charge in [-0.15, -0.1) is 0 Å². The van der Waals surface area contributed by atoms with E-state index in [1.165, 1.54) is 17.0 Å². The fourth-order valence-corrected chi connectivity index (χ4v) is 5.88. The van der Waals surface area contributed by atoms with Crippen LogP contribution in [0.2, 0.25) is 10.0 Å². The lowest BCUT2D eigenvalue weighted by molar-refractivity contribution is -0.139. The van der Waals surface area contributed by atoms with E-state index >= 15 is 0 Å². The summed E-state index contributed by atoms with van der Waals surface area (Å²) in [6.45, 7) is 8.62. The summed E-state index contributed by atoms with van der Waals surface area (Å²) in [5.74, 6) is -0.886. The van der Waals surface area contributed by atoms with Gasteiger partial charge in [0.15, 0.2) is 0 Å². The highest BCUT2D eigenvalue weighted by molar-refractivity contribution is 7.92. The molecule has 3 aromatic carbocycles. The summed E-state index contributed by atoms with van der Waals surface area (Å²) in [5.41, 5.74) is 2.62. The zero-order valence-electron chi connectivity index (χ0n) is 23.3. The van der Waals surface area contributed by atoms with Gasteiger partial charge in [-0.3, -0.25) is 13.9 Å². The molecule has 0 aliphatic heterocycles. The lowest BCUT2D eigenvalue weighted by atomic mass is 10.1. The molecule has 0 aromatic heterocycles. The normalized spacial score (nSPS) is 12.9. The average Bonchev–Trinajstić information content (AvgIpc) is 2.92. The van der Waals surface area contributed by atoms with Crippen molar-refractivity contribution in [3.8, 4) is 0 Å². The number of hydrogen-bond acceptors (Lipinski definition) is 4. The number of carbonyl (C=O) groups is 2. The van der Waals surface area contributed by atoms with E-state index in [2.05, 4.69) is 5.32 Å². The maximum absolute atomic E-state index is 14.0. The van der Waals surface area contributed by atoms with E-state index in [9.17, 15) is 18.0 Å². The number of sulfonamides is 1. The highest BCUT2D eigenvalue weighted by atomic mass is 35.5. The first kappa shape index (κ1) is 31.5. The molecule has 10 heteroatoms. The van der Waals surface area contributed by atoms with Crippen LogP contribution in [0, 0.1) is 13.8 Å².